The summed E-state index contributed by atoms with van der Waals surface area (Å²) >= 11 is 13.1. The number of fused-ring (bicyclic) bond motifs is 2. The predicted octanol–water partition coefficient (Wildman–Crippen LogP) is 6.65. The number of benzene rings is 3. The molecule has 0 aliphatic carbocycles. The van der Waals surface area contributed by atoms with Gasteiger partial charge in [0.1, 0.15) is 0 Å². The van der Waals surface area contributed by atoms with Crippen molar-refractivity contribution >= 4 is 57.5 Å². The number of hydrogen-bond acceptors (Lipinski definition) is 5. The Hall–Kier alpha value is -4.12. The first-order valence-corrected chi connectivity index (χ1v) is 15.0. The summed E-state index contributed by atoms with van der Waals surface area (Å²) in [5, 5.41) is 1.79. The van der Waals surface area contributed by atoms with Gasteiger partial charge in [0.05, 0.1) is 22.8 Å². The lowest BCUT2D eigenvalue weighted by Gasteiger charge is -2.26. The van der Waals surface area contributed by atoms with Crippen molar-refractivity contribution in [3.63, 3.8) is 0 Å². The molecule has 6 rings (SSSR count). The van der Waals surface area contributed by atoms with E-state index in [1.54, 1.807) is 12.1 Å². The van der Waals surface area contributed by atoms with E-state index in [1.165, 1.54) is 31.2 Å². The van der Waals surface area contributed by atoms with Crippen LogP contribution in [0.15, 0.2) is 100 Å². The number of alkyl halides is 3. The first kappa shape index (κ1) is 29.9. The summed E-state index contributed by atoms with van der Waals surface area (Å²) in [5.41, 5.74) is 0.0493. The van der Waals surface area contributed by atoms with Gasteiger partial charge in [-0.15, -0.1) is 0 Å². The second-order valence-corrected chi connectivity index (χ2v) is 11.9. The predicted molar refractivity (Wildman–Crippen MR) is 165 cm³/mol. The summed E-state index contributed by atoms with van der Waals surface area (Å²) in [6.45, 7) is 1.83. The minimum Gasteiger partial charge on any atom is -0.463 e. The fourth-order valence-corrected chi connectivity index (χ4v) is 6.63. The van der Waals surface area contributed by atoms with Crippen LogP contribution in [0.5, 0.6) is 0 Å². The van der Waals surface area contributed by atoms with E-state index in [9.17, 15) is 22.8 Å². The van der Waals surface area contributed by atoms with Crippen LogP contribution in [0.25, 0.3) is 17.0 Å². The second-order valence-electron chi connectivity index (χ2n) is 9.97. The average Bonchev–Trinajstić information content (AvgIpc) is 3.49. The standard InChI is InChI=1S/C32H22Cl2F3N3O3S/c1-2-43-30(42)26-27(19-10-12-21(33)13-11-19)40-29(41)25(44-31(40)38-28(26)32(35,36)37)15-20-17-39(24-9-4-3-8-23(20)24)16-18-6-5-7-22(34)14-18/h3-15,17,27H,2,16H2,1H3/b25-15-/t27-/m0/s1. The van der Waals surface area contributed by atoms with Gasteiger partial charge in [-0.1, -0.05) is 77.0 Å². The first-order valence-electron chi connectivity index (χ1n) is 13.4. The summed E-state index contributed by atoms with van der Waals surface area (Å²) in [6, 6.07) is 19.6. The summed E-state index contributed by atoms with van der Waals surface area (Å²) in [6.07, 6.45) is -1.47. The van der Waals surface area contributed by atoms with E-state index < -0.39 is 35.0 Å². The van der Waals surface area contributed by atoms with Crippen LogP contribution in [-0.2, 0) is 16.1 Å². The number of aromatic nitrogens is 2. The van der Waals surface area contributed by atoms with Gasteiger partial charge in [-0.2, -0.15) is 13.2 Å². The molecule has 0 bridgehead atoms. The molecule has 12 heteroatoms. The number of allylic oxidation sites excluding steroid dienone is 1. The smallest absolute Gasteiger partial charge is 0.434 e. The number of hydrogen-bond donors (Lipinski definition) is 0. The largest absolute Gasteiger partial charge is 0.463 e. The minimum absolute atomic E-state index is 0.153. The number of halogens is 5. The van der Waals surface area contributed by atoms with E-state index in [0.29, 0.717) is 22.2 Å². The third-order valence-electron chi connectivity index (χ3n) is 7.13. The van der Waals surface area contributed by atoms with Crippen molar-refractivity contribution < 1.29 is 22.7 Å². The molecule has 44 heavy (non-hydrogen) atoms. The molecule has 3 aromatic carbocycles. The Balaban J connectivity index is 1.57. The zero-order valence-corrected chi connectivity index (χ0v) is 25.3. The average molecular weight is 657 g/mol. The summed E-state index contributed by atoms with van der Waals surface area (Å²) < 4.78 is 51.5. The van der Waals surface area contributed by atoms with Crippen LogP contribution < -0.4 is 14.9 Å². The molecule has 1 atom stereocenters. The number of thiazole rings is 1. The maximum absolute atomic E-state index is 14.4. The van der Waals surface area contributed by atoms with Gasteiger partial charge in [-0.25, -0.2) is 9.79 Å². The summed E-state index contributed by atoms with van der Waals surface area (Å²) in [4.78, 5) is 30.7. The molecule has 0 amide bonds. The second kappa shape index (κ2) is 11.8. The Morgan fingerprint density at radius 3 is 2.50 bits per heavy atom. The molecule has 0 fully saturated rings. The van der Waals surface area contributed by atoms with Gasteiger partial charge in [0, 0.05) is 39.3 Å². The molecule has 0 saturated carbocycles. The van der Waals surface area contributed by atoms with E-state index in [4.69, 9.17) is 27.9 Å². The first-order chi connectivity index (χ1) is 21.0. The molecule has 6 nitrogen and oxygen atoms in total. The van der Waals surface area contributed by atoms with Crippen LogP contribution in [0.3, 0.4) is 0 Å². The highest BCUT2D eigenvalue weighted by Crippen LogP contribution is 2.38. The molecule has 0 spiro atoms. The lowest BCUT2D eigenvalue weighted by molar-refractivity contribution is -0.140. The highest BCUT2D eigenvalue weighted by molar-refractivity contribution is 7.07. The maximum Gasteiger partial charge on any atom is 0.434 e. The maximum atomic E-state index is 14.4. The van der Waals surface area contributed by atoms with E-state index in [2.05, 4.69) is 4.99 Å². The van der Waals surface area contributed by atoms with Gasteiger partial charge in [-0.05, 0) is 54.5 Å². The Morgan fingerprint density at radius 2 is 1.80 bits per heavy atom. The van der Waals surface area contributed by atoms with Crippen molar-refractivity contribution in [1.82, 2.24) is 9.13 Å². The molecule has 3 heterocycles. The quantitative estimate of drug-likeness (QED) is 0.192. The van der Waals surface area contributed by atoms with E-state index in [1.807, 2.05) is 53.2 Å². The molecular weight excluding hydrogens is 634 g/mol. The Bertz CT molecular complexity index is 2130. The van der Waals surface area contributed by atoms with Gasteiger partial charge in [0.25, 0.3) is 5.56 Å². The van der Waals surface area contributed by atoms with Crippen LogP contribution in [-0.4, -0.2) is 27.9 Å². The normalized spacial score (nSPS) is 15.4. The Morgan fingerprint density at radius 1 is 1.05 bits per heavy atom. The molecule has 224 valence electrons. The highest BCUT2D eigenvalue weighted by Gasteiger charge is 2.45. The molecule has 1 aliphatic rings. The Kier molecular flexibility index (Phi) is 8.00. The number of carbonyl (C=O) groups is 1. The number of carbonyl (C=O) groups excluding carboxylic acids is 1. The van der Waals surface area contributed by atoms with Crippen molar-refractivity contribution in [2.24, 2.45) is 4.99 Å². The number of ether oxygens (including phenoxy) is 1. The van der Waals surface area contributed by atoms with Crippen molar-refractivity contribution in [3.8, 4) is 0 Å². The van der Waals surface area contributed by atoms with Crippen LogP contribution >= 0.6 is 34.5 Å². The van der Waals surface area contributed by atoms with Gasteiger partial charge in [0.15, 0.2) is 10.5 Å². The van der Waals surface area contributed by atoms with E-state index in [-0.39, 0.29) is 21.5 Å². The minimum atomic E-state index is -4.99. The van der Waals surface area contributed by atoms with Crippen molar-refractivity contribution in [1.29, 1.82) is 0 Å². The number of nitrogens with zero attached hydrogens (tertiary/aromatic N) is 3. The molecule has 0 saturated heterocycles. The van der Waals surface area contributed by atoms with Crippen LogP contribution in [0, 0.1) is 0 Å². The van der Waals surface area contributed by atoms with Gasteiger partial charge in [-0.3, -0.25) is 9.36 Å². The van der Waals surface area contributed by atoms with Gasteiger partial charge < -0.3 is 9.30 Å². The molecular formula is C32H22Cl2F3N3O3S. The highest BCUT2D eigenvalue weighted by atomic mass is 35.5. The SMILES string of the molecule is CCOC(=O)C1=C(C(F)(F)F)N=c2s/c(=C\c3cn(Cc4cccc(Cl)c4)c4ccccc34)c(=O)n2[C@H]1c1ccc(Cl)cc1. The van der Waals surface area contributed by atoms with Crippen LogP contribution in [0.4, 0.5) is 13.2 Å². The Labute approximate surface area is 262 Å². The number of esters is 1. The van der Waals surface area contributed by atoms with Gasteiger partial charge >= 0.3 is 12.1 Å². The number of rotatable bonds is 6. The summed E-state index contributed by atoms with van der Waals surface area (Å²) in [5.74, 6) is -1.21. The third-order valence-corrected chi connectivity index (χ3v) is 8.60. The summed E-state index contributed by atoms with van der Waals surface area (Å²) in [7, 11) is 0. The lowest BCUT2D eigenvalue weighted by Crippen LogP contribution is -2.41. The fraction of sp³-hybridized carbons (Fsp3) is 0.156. The molecule has 0 radical (unpaired) electrons. The van der Waals surface area contributed by atoms with Crippen LogP contribution in [0.2, 0.25) is 10.0 Å². The monoisotopic (exact) mass is 655 g/mol. The lowest BCUT2D eigenvalue weighted by atomic mass is 9.95. The number of para-hydroxylation sites is 1. The van der Waals surface area contributed by atoms with Crippen LogP contribution in [0.1, 0.15) is 29.7 Å². The van der Waals surface area contributed by atoms with E-state index >= 15 is 0 Å². The molecule has 5 aromatic rings. The molecule has 2 aromatic heterocycles. The van der Waals surface area contributed by atoms with E-state index in [0.717, 1.165) is 32.4 Å². The zero-order valence-electron chi connectivity index (χ0n) is 22.9. The van der Waals surface area contributed by atoms with Gasteiger partial charge in [0.2, 0.25) is 0 Å². The molecule has 1 aliphatic heterocycles. The molecule has 0 unspecified atom stereocenters. The topological polar surface area (TPSA) is 65.6 Å². The van der Waals surface area contributed by atoms with Crippen molar-refractivity contribution in [2.45, 2.75) is 25.7 Å². The van der Waals surface area contributed by atoms with Crippen molar-refractivity contribution in [2.75, 3.05) is 6.61 Å². The molecule has 0 N–H and O–H groups in total. The third kappa shape index (κ3) is 5.60. The zero-order chi connectivity index (χ0) is 31.2. The fourth-order valence-electron chi connectivity index (χ4n) is 5.30. The van der Waals surface area contributed by atoms with Crippen molar-refractivity contribution in [3.05, 3.63) is 137 Å².